The van der Waals surface area contributed by atoms with Crippen molar-refractivity contribution in [2.45, 2.75) is 278 Å². The second-order valence-corrected chi connectivity index (χ2v) is 59.6. The van der Waals surface area contributed by atoms with Crippen molar-refractivity contribution in [2.75, 3.05) is 0 Å². The fourth-order valence-corrected chi connectivity index (χ4v) is 21.2. The van der Waals surface area contributed by atoms with Crippen molar-refractivity contribution in [1.82, 2.24) is 0 Å². The first-order valence-corrected chi connectivity index (χ1v) is 51.9. The van der Waals surface area contributed by atoms with Gasteiger partial charge in [-0.3, -0.25) is 0 Å². The van der Waals surface area contributed by atoms with Crippen LogP contribution in [0.1, 0.15) is 197 Å². The van der Waals surface area contributed by atoms with Gasteiger partial charge in [-0.25, -0.2) is 18.3 Å². The first-order valence-electron chi connectivity index (χ1n) is 37.9. The highest BCUT2D eigenvalue weighted by Gasteiger charge is 2.35. The zero-order valence-corrected chi connectivity index (χ0v) is 75.5. The van der Waals surface area contributed by atoms with E-state index in [4.69, 9.17) is 0 Å². The van der Waals surface area contributed by atoms with E-state index in [2.05, 4.69) is 406 Å². The Bertz CT molecular complexity index is 4160. The van der Waals surface area contributed by atoms with Crippen molar-refractivity contribution in [3.8, 4) is 45.0 Å². The molecule has 4 aromatic heterocycles. The quantitative estimate of drug-likeness (QED) is 0.0808. The van der Waals surface area contributed by atoms with Crippen molar-refractivity contribution in [1.29, 1.82) is 0 Å². The lowest BCUT2D eigenvalue weighted by atomic mass is 9.84. The van der Waals surface area contributed by atoms with E-state index in [-0.39, 0.29) is 21.7 Å². The van der Waals surface area contributed by atoms with E-state index in [1.807, 2.05) is 0 Å². The Morgan fingerprint density at radius 3 is 0.990 bits per heavy atom. The van der Waals surface area contributed by atoms with Crippen LogP contribution in [0.25, 0.3) is 45.0 Å². The molecule has 0 aliphatic heterocycles. The molecule has 0 aliphatic carbocycles. The lowest BCUT2D eigenvalue weighted by Crippen LogP contribution is -2.47. The molecule has 100 heavy (non-hydrogen) atoms. The number of hydrogen-bond donors (Lipinski definition) is 0. The first-order chi connectivity index (χ1) is 45.3. The fourth-order valence-electron chi connectivity index (χ4n) is 14.1. The summed E-state index contributed by atoms with van der Waals surface area (Å²) in [4.78, 5) is 0. The topological polar surface area (TPSA) is 15.5 Å². The average molecular weight is 1420 g/mol. The molecule has 4 heterocycles. The minimum atomic E-state index is -1.45. The zero-order valence-electron chi connectivity index (χ0n) is 71.5. The lowest BCUT2D eigenvalue weighted by molar-refractivity contribution is -0.661. The largest absolute Gasteiger partial charge is 0.212 e. The molecule has 0 atom stereocenters. The number of aromatic nitrogens is 4. The SMILES string of the molecule is Cc1cc(C(C)(C)C)ccc1-c1cc([Si](C)(C)C)c(C(C)(C)C)c[n+]1C.Cc1cc(C(C)C)ccc1-c1cc([Si](C)(C)C)c(C(C)(C)C)c[n+]1C.Cc1cc(CC(C)C)ccc1-c1cc([Si](C)(C)C)c(C(C)(C)C)c[n+]1C.Cc1ccc(C)c(-c2cc([Si](C)(C)C)c(CC(C)C)c[n+]2C)c1. The Kier molecular flexibility index (Phi) is 27.3. The van der Waals surface area contributed by atoms with Gasteiger partial charge in [-0.1, -0.05) is 257 Å². The smallest absolute Gasteiger partial charge is 0.201 e. The Hall–Kier alpha value is -5.65. The Morgan fingerprint density at radius 2 is 0.660 bits per heavy atom. The van der Waals surface area contributed by atoms with Crippen LogP contribution in [0.15, 0.2) is 122 Å². The molecular formula is C92H144N4Si4+4. The van der Waals surface area contributed by atoms with Gasteiger partial charge in [0, 0.05) is 68.8 Å². The molecule has 0 saturated heterocycles. The minimum absolute atomic E-state index is 0.164. The summed E-state index contributed by atoms with van der Waals surface area (Å²) in [5.74, 6) is 1.96. The maximum Gasteiger partial charge on any atom is 0.212 e. The standard InChI is InChI=1S/2C24H38NSi.C23H36NSi.C21H32NSi/c1-17-14-18(23(2,3)4)12-13-19(17)21-15-22(26(9,10)11)20(16-25(21)8)24(5,6)7;1-17(2)13-19-11-12-20(18(3)14-19)22-15-23(26(8,9)10)21(16-25(22)7)24(4,5)6;1-16(2)18-11-12-19(17(3)13-18)21-14-22(25(8,9)10)20(15-24(21)7)23(4,5)6;1-15(2)11-18-14-22(5)20(13-21(18)23(6,7)8)19-12-16(3)9-10-17(19)4/h12-16H,1-11H3;11-12,14-17H,13H2,1-10H3;11-16H,1-10H3;9-10,12-15H,11H2,1-8H3/q4*+1. The van der Waals surface area contributed by atoms with Crippen molar-refractivity contribution < 1.29 is 18.3 Å². The highest BCUT2D eigenvalue weighted by Crippen LogP contribution is 2.33. The Balaban J connectivity index is 0.000000241. The molecule has 4 nitrogen and oxygen atoms in total. The van der Waals surface area contributed by atoms with Gasteiger partial charge in [0.25, 0.3) is 0 Å². The van der Waals surface area contributed by atoms with Crippen LogP contribution in [0.3, 0.4) is 0 Å². The van der Waals surface area contributed by atoms with Crippen LogP contribution in [0.4, 0.5) is 0 Å². The summed E-state index contributed by atoms with van der Waals surface area (Å²) in [5, 5.41) is 6.36. The molecule has 0 fully saturated rings. The minimum Gasteiger partial charge on any atom is -0.201 e. The maximum absolute atomic E-state index is 2.48. The molecule has 0 amide bonds. The summed E-state index contributed by atoms with van der Waals surface area (Å²) in [7, 11) is 3.07. The maximum atomic E-state index is 2.48. The van der Waals surface area contributed by atoms with Gasteiger partial charge in [-0.05, 0) is 171 Å². The Morgan fingerprint density at radius 1 is 0.320 bits per heavy atom. The van der Waals surface area contributed by atoms with Gasteiger partial charge in [0.2, 0.25) is 22.8 Å². The van der Waals surface area contributed by atoms with Crippen LogP contribution in [0.2, 0.25) is 78.6 Å². The molecule has 0 saturated carbocycles. The molecule has 0 N–H and O–H groups in total. The van der Waals surface area contributed by atoms with Crippen molar-refractivity contribution >= 4 is 53.0 Å². The molecule has 0 radical (unpaired) electrons. The number of benzene rings is 4. The van der Waals surface area contributed by atoms with E-state index >= 15 is 0 Å². The highest BCUT2D eigenvalue weighted by atomic mass is 28.3. The predicted molar refractivity (Wildman–Crippen MR) is 454 cm³/mol. The molecule has 4 aromatic carbocycles. The van der Waals surface area contributed by atoms with E-state index in [0.29, 0.717) is 17.8 Å². The third-order valence-electron chi connectivity index (χ3n) is 19.9. The van der Waals surface area contributed by atoms with Gasteiger partial charge in [-0.15, -0.1) is 0 Å². The first kappa shape index (κ1) is 85.0. The summed E-state index contributed by atoms with van der Waals surface area (Å²) >= 11 is 0. The van der Waals surface area contributed by atoms with Crippen LogP contribution >= 0.6 is 0 Å². The van der Waals surface area contributed by atoms with E-state index in [9.17, 15) is 0 Å². The number of nitrogens with zero attached hydrogens (tertiary/aromatic N) is 4. The zero-order chi connectivity index (χ0) is 76.5. The molecule has 0 aliphatic rings. The Labute approximate surface area is 619 Å². The van der Waals surface area contributed by atoms with Crippen LogP contribution in [0.5, 0.6) is 0 Å². The predicted octanol–water partition coefficient (Wildman–Crippen LogP) is 21.1. The van der Waals surface area contributed by atoms with Gasteiger partial charge in [-0.2, -0.15) is 0 Å². The summed E-state index contributed by atoms with van der Waals surface area (Å²) in [6, 6.07) is 37.6. The van der Waals surface area contributed by atoms with Crippen LogP contribution in [-0.4, -0.2) is 32.3 Å². The number of pyridine rings is 4. The van der Waals surface area contributed by atoms with E-state index in [0.717, 1.165) is 6.42 Å². The van der Waals surface area contributed by atoms with E-state index in [1.54, 1.807) is 20.7 Å². The second kappa shape index (κ2) is 32.2. The van der Waals surface area contributed by atoms with Gasteiger partial charge in [0.15, 0.2) is 24.8 Å². The fraction of sp³-hybridized carbons (Fsp3) is 0.522. The molecule has 0 spiro atoms. The molecule has 0 unspecified atom stereocenters. The van der Waals surface area contributed by atoms with Gasteiger partial charge in [0.05, 0.1) is 32.3 Å². The van der Waals surface area contributed by atoms with Crippen LogP contribution < -0.4 is 39.0 Å². The van der Waals surface area contributed by atoms with Gasteiger partial charge >= 0.3 is 0 Å². The van der Waals surface area contributed by atoms with Crippen molar-refractivity contribution in [3.63, 3.8) is 0 Å². The second-order valence-electron chi connectivity index (χ2n) is 39.4. The normalized spacial score (nSPS) is 12.7. The monoisotopic (exact) mass is 1420 g/mol. The molecule has 8 heteroatoms. The van der Waals surface area contributed by atoms with Gasteiger partial charge < -0.3 is 0 Å². The van der Waals surface area contributed by atoms with Crippen LogP contribution in [-0.2, 0) is 62.7 Å². The summed E-state index contributed by atoms with van der Waals surface area (Å²) in [6.07, 6.45) is 11.8. The molecule has 544 valence electrons. The average Bonchev–Trinajstić information content (AvgIpc) is 0.908. The van der Waals surface area contributed by atoms with Crippen molar-refractivity contribution in [3.05, 3.63) is 189 Å². The number of rotatable bonds is 13. The molecule has 8 rings (SSSR count). The molecule has 0 bridgehead atoms. The lowest BCUT2D eigenvalue weighted by Gasteiger charge is -2.28. The third-order valence-corrected chi connectivity index (χ3v) is 28.1. The van der Waals surface area contributed by atoms with E-state index in [1.165, 1.54) is 118 Å². The summed E-state index contributed by atoms with van der Waals surface area (Å²) in [6.45, 7) is 82.1. The summed E-state index contributed by atoms with van der Waals surface area (Å²) < 4.78 is 9.29. The number of hydrogen-bond acceptors (Lipinski definition) is 0. The van der Waals surface area contributed by atoms with Crippen LogP contribution in [0, 0.1) is 46.5 Å². The summed E-state index contributed by atoms with van der Waals surface area (Å²) in [5.41, 5.74) is 28.5. The molecular weight excluding hydrogens is 1270 g/mol. The molecule has 8 aromatic rings. The van der Waals surface area contributed by atoms with E-state index < -0.39 is 32.3 Å². The number of aryl methyl sites for hydroxylation is 9. The third kappa shape index (κ3) is 22.2. The highest BCUT2D eigenvalue weighted by molar-refractivity contribution is 6.90. The van der Waals surface area contributed by atoms with Gasteiger partial charge in [0.1, 0.15) is 28.2 Å². The van der Waals surface area contributed by atoms with Crippen molar-refractivity contribution in [2.24, 2.45) is 40.0 Å².